The van der Waals surface area contributed by atoms with Crippen molar-refractivity contribution in [2.24, 2.45) is 0 Å². The first kappa shape index (κ1) is 15.0. The van der Waals surface area contributed by atoms with Crippen molar-refractivity contribution < 1.29 is 9.53 Å². The summed E-state index contributed by atoms with van der Waals surface area (Å²) in [6.07, 6.45) is 2.38. The van der Waals surface area contributed by atoms with E-state index in [1.807, 2.05) is 37.3 Å². The largest absolute Gasteiger partial charge is 0.381 e. The van der Waals surface area contributed by atoms with Crippen molar-refractivity contribution in [3.63, 3.8) is 0 Å². The van der Waals surface area contributed by atoms with Crippen molar-refractivity contribution in [2.45, 2.75) is 31.9 Å². The number of nitrogens with zero attached hydrogens (tertiary/aromatic N) is 1. The summed E-state index contributed by atoms with van der Waals surface area (Å²) in [5.41, 5.74) is 1.14. The minimum absolute atomic E-state index is 0.0558. The second-order valence-corrected chi connectivity index (χ2v) is 5.41. The molecule has 1 aromatic rings. The van der Waals surface area contributed by atoms with Crippen LogP contribution in [0.1, 0.15) is 31.4 Å². The molecule has 0 bridgehead atoms. The van der Waals surface area contributed by atoms with Gasteiger partial charge in [-0.15, -0.1) is 0 Å². The van der Waals surface area contributed by atoms with Crippen molar-refractivity contribution in [2.75, 3.05) is 26.7 Å². The molecule has 0 spiro atoms. The molecule has 1 saturated heterocycles. The number of carbonyl (C=O) groups excluding carboxylic acids is 1. The van der Waals surface area contributed by atoms with Gasteiger partial charge in [0.25, 0.3) is 0 Å². The number of ether oxygens (including phenoxy) is 1. The lowest BCUT2D eigenvalue weighted by Crippen LogP contribution is -2.43. The molecular formula is C16H24N2O2. The fraction of sp³-hybridized carbons (Fsp3) is 0.562. The molecule has 1 aliphatic heterocycles. The number of hydrogen-bond acceptors (Lipinski definition) is 3. The lowest BCUT2D eigenvalue weighted by molar-refractivity contribution is -0.123. The summed E-state index contributed by atoms with van der Waals surface area (Å²) < 4.78 is 5.34. The van der Waals surface area contributed by atoms with Gasteiger partial charge in [0, 0.05) is 20.2 Å². The number of piperidine rings is 1. The Morgan fingerprint density at radius 2 is 2.00 bits per heavy atom. The van der Waals surface area contributed by atoms with Crippen LogP contribution in [-0.2, 0) is 9.53 Å². The molecule has 0 radical (unpaired) electrons. The van der Waals surface area contributed by atoms with E-state index in [4.69, 9.17) is 4.74 Å². The van der Waals surface area contributed by atoms with Crippen molar-refractivity contribution in [3.05, 3.63) is 35.9 Å². The molecule has 20 heavy (non-hydrogen) atoms. The molecule has 1 amide bonds. The van der Waals surface area contributed by atoms with Crippen LogP contribution in [0.3, 0.4) is 0 Å². The highest BCUT2D eigenvalue weighted by molar-refractivity contribution is 5.78. The van der Waals surface area contributed by atoms with E-state index in [0.29, 0.717) is 12.6 Å². The maximum Gasteiger partial charge on any atom is 0.234 e. The molecule has 2 rings (SSSR count). The second kappa shape index (κ2) is 7.41. The molecule has 1 unspecified atom stereocenters. The fourth-order valence-electron chi connectivity index (χ4n) is 2.62. The summed E-state index contributed by atoms with van der Waals surface area (Å²) in [5.74, 6) is 0.0946. The van der Waals surface area contributed by atoms with E-state index in [-0.39, 0.29) is 11.9 Å². The van der Waals surface area contributed by atoms with Gasteiger partial charge in [0.1, 0.15) is 0 Å². The first-order valence-electron chi connectivity index (χ1n) is 7.28. The van der Waals surface area contributed by atoms with Crippen LogP contribution in [-0.4, -0.2) is 43.7 Å². The number of likely N-dealkylation sites (tertiary alicyclic amines) is 1. The molecular weight excluding hydrogens is 252 g/mol. The zero-order valence-corrected chi connectivity index (χ0v) is 12.3. The van der Waals surface area contributed by atoms with Crippen LogP contribution in [0.15, 0.2) is 30.3 Å². The van der Waals surface area contributed by atoms with Crippen LogP contribution in [0.2, 0.25) is 0 Å². The van der Waals surface area contributed by atoms with E-state index in [2.05, 4.69) is 10.2 Å². The number of amides is 1. The molecule has 0 saturated carbocycles. The van der Waals surface area contributed by atoms with E-state index < -0.39 is 0 Å². The highest BCUT2D eigenvalue weighted by atomic mass is 16.5. The van der Waals surface area contributed by atoms with Gasteiger partial charge in [0.05, 0.1) is 18.7 Å². The lowest BCUT2D eigenvalue weighted by Gasteiger charge is -2.30. The zero-order chi connectivity index (χ0) is 14.4. The Bertz CT molecular complexity index is 414. The maximum absolute atomic E-state index is 12.1. The SMILES string of the molecule is COC1CCN(CC(=O)NC(C)c2ccccc2)CC1. The first-order valence-corrected chi connectivity index (χ1v) is 7.28. The van der Waals surface area contributed by atoms with Crippen molar-refractivity contribution in [1.82, 2.24) is 10.2 Å². The number of nitrogens with one attached hydrogen (secondary N) is 1. The van der Waals surface area contributed by atoms with Crippen LogP contribution in [0.4, 0.5) is 0 Å². The van der Waals surface area contributed by atoms with Gasteiger partial charge in [0.2, 0.25) is 5.91 Å². The van der Waals surface area contributed by atoms with Crippen LogP contribution < -0.4 is 5.32 Å². The third kappa shape index (κ3) is 4.32. The molecule has 1 aromatic carbocycles. The molecule has 110 valence electrons. The van der Waals surface area contributed by atoms with E-state index in [1.165, 1.54) is 0 Å². The Kier molecular flexibility index (Phi) is 5.56. The highest BCUT2D eigenvalue weighted by Gasteiger charge is 2.20. The number of hydrogen-bond donors (Lipinski definition) is 1. The van der Waals surface area contributed by atoms with Gasteiger partial charge in [-0.25, -0.2) is 0 Å². The zero-order valence-electron chi connectivity index (χ0n) is 12.3. The summed E-state index contributed by atoms with van der Waals surface area (Å²) in [6, 6.07) is 10.1. The van der Waals surface area contributed by atoms with E-state index >= 15 is 0 Å². The van der Waals surface area contributed by atoms with Crippen LogP contribution >= 0.6 is 0 Å². The number of carbonyl (C=O) groups is 1. The lowest BCUT2D eigenvalue weighted by atomic mass is 10.1. The van der Waals surface area contributed by atoms with Crippen LogP contribution in [0.5, 0.6) is 0 Å². The number of benzene rings is 1. The molecule has 1 atom stereocenters. The van der Waals surface area contributed by atoms with Gasteiger partial charge in [-0.1, -0.05) is 30.3 Å². The summed E-state index contributed by atoms with van der Waals surface area (Å²) in [7, 11) is 1.76. The van der Waals surface area contributed by atoms with Crippen molar-refractivity contribution in [1.29, 1.82) is 0 Å². The standard InChI is InChI=1S/C16H24N2O2/c1-13(14-6-4-3-5-7-14)17-16(19)12-18-10-8-15(20-2)9-11-18/h3-7,13,15H,8-12H2,1-2H3,(H,17,19). The summed E-state index contributed by atoms with van der Waals surface area (Å²) >= 11 is 0. The molecule has 1 heterocycles. The minimum atomic E-state index is 0.0558. The maximum atomic E-state index is 12.1. The van der Waals surface area contributed by atoms with Crippen molar-refractivity contribution >= 4 is 5.91 Å². The molecule has 0 aromatic heterocycles. The minimum Gasteiger partial charge on any atom is -0.381 e. The highest BCUT2D eigenvalue weighted by Crippen LogP contribution is 2.13. The van der Waals surface area contributed by atoms with Gasteiger partial charge < -0.3 is 10.1 Å². The van der Waals surface area contributed by atoms with Crippen molar-refractivity contribution in [3.8, 4) is 0 Å². The van der Waals surface area contributed by atoms with E-state index in [0.717, 1.165) is 31.5 Å². The smallest absolute Gasteiger partial charge is 0.234 e. The molecule has 1 aliphatic rings. The summed E-state index contributed by atoms with van der Waals surface area (Å²) in [6.45, 7) is 4.37. The predicted octanol–water partition coefficient (Wildman–Crippen LogP) is 1.97. The van der Waals surface area contributed by atoms with Gasteiger partial charge in [0.15, 0.2) is 0 Å². The average Bonchev–Trinajstić information content (AvgIpc) is 2.49. The monoisotopic (exact) mass is 276 g/mol. The van der Waals surface area contributed by atoms with E-state index in [9.17, 15) is 4.79 Å². The topological polar surface area (TPSA) is 41.6 Å². The molecule has 1 fully saturated rings. The third-order valence-electron chi connectivity index (χ3n) is 3.91. The Balaban J connectivity index is 1.76. The second-order valence-electron chi connectivity index (χ2n) is 5.41. The molecule has 4 heteroatoms. The normalized spacial score (nSPS) is 18.7. The quantitative estimate of drug-likeness (QED) is 0.894. The third-order valence-corrected chi connectivity index (χ3v) is 3.91. The summed E-state index contributed by atoms with van der Waals surface area (Å²) in [4.78, 5) is 14.3. The van der Waals surface area contributed by atoms with Crippen LogP contribution in [0.25, 0.3) is 0 Å². The Labute approximate surface area is 121 Å². The predicted molar refractivity (Wildman–Crippen MR) is 79.5 cm³/mol. The summed E-state index contributed by atoms with van der Waals surface area (Å²) in [5, 5.41) is 3.06. The van der Waals surface area contributed by atoms with Crippen LogP contribution in [0, 0.1) is 0 Å². The molecule has 0 aliphatic carbocycles. The molecule has 4 nitrogen and oxygen atoms in total. The molecule has 1 N–H and O–H groups in total. The van der Waals surface area contributed by atoms with Gasteiger partial charge >= 0.3 is 0 Å². The first-order chi connectivity index (χ1) is 9.69. The van der Waals surface area contributed by atoms with Gasteiger partial charge in [-0.3, -0.25) is 9.69 Å². The fourth-order valence-corrected chi connectivity index (χ4v) is 2.62. The number of methoxy groups -OCH3 is 1. The Morgan fingerprint density at radius 3 is 2.60 bits per heavy atom. The Morgan fingerprint density at radius 1 is 1.35 bits per heavy atom. The van der Waals surface area contributed by atoms with Gasteiger partial charge in [-0.2, -0.15) is 0 Å². The Hall–Kier alpha value is -1.39. The number of rotatable bonds is 5. The average molecular weight is 276 g/mol. The van der Waals surface area contributed by atoms with E-state index in [1.54, 1.807) is 7.11 Å². The van der Waals surface area contributed by atoms with Gasteiger partial charge in [-0.05, 0) is 25.3 Å².